The summed E-state index contributed by atoms with van der Waals surface area (Å²) in [5.41, 5.74) is 0.612. The lowest BCUT2D eigenvalue weighted by atomic mass is 9.44. The number of Topliss-reactive ketones (excluding diaryl/α,β-unsaturated/α-hetero) is 1. The van der Waals surface area contributed by atoms with Gasteiger partial charge >= 0.3 is 0 Å². The summed E-state index contributed by atoms with van der Waals surface area (Å²) in [6.07, 6.45) is 10.8. The lowest BCUT2D eigenvalue weighted by molar-refractivity contribution is -0.156. The van der Waals surface area contributed by atoms with Crippen LogP contribution in [0.15, 0.2) is 0 Å². The first-order chi connectivity index (χ1) is 11.5. The first-order valence-electron chi connectivity index (χ1n) is 10.2. The molecule has 1 unspecified atom stereocenters. The van der Waals surface area contributed by atoms with Gasteiger partial charge in [-0.25, -0.2) is 0 Å². The Morgan fingerprint density at radius 3 is 2.71 bits per heavy atom. The summed E-state index contributed by atoms with van der Waals surface area (Å²) in [4.78, 5) is 12.5. The molecule has 1 spiro atoms. The molecule has 7 atom stereocenters. The molecule has 1 heterocycles. The summed E-state index contributed by atoms with van der Waals surface area (Å²) in [6, 6.07) is 0. The van der Waals surface area contributed by atoms with E-state index in [1.165, 1.54) is 38.5 Å². The van der Waals surface area contributed by atoms with Gasteiger partial charge in [0.1, 0.15) is 5.78 Å². The van der Waals surface area contributed by atoms with Crippen LogP contribution >= 0.6 is 0 Å². The number of hydrogen-bond donors (Lipinski definition) is 0. The zero-order valence-corrected chi connectivity index (χ0v) is 15.3. The van der Waals surface area contributed by atoms with Crippen LogP contribution in [0.25, 0.3) is 0 Å². The molecule has 0 aromatic carbocycles. The van der Waals surface area contributed by atoms with E-state index in [-0.39, 0.29) is 11.0 Å². The molecule has 5 fully saturated rings. The minimum atomic E-state index is -0.00222. The van der Waals surface area contributed by atoms with E-state index in [0.29, 0.717) is 17.1 Å². The molecule has 0 aromatic rings. The molecule has 0 amide bonds. The predicted molar refractivity (Wildman–Crippen MR) is 91.6 cm³/mol. The van der Waals surface area contributed by atoms with Gasteiger partial charge < -0.3 is 9.47 Å². The van der Waals surface area contributed by atoms with E-state index in [0.717, 1.165) is 50.2 Å². The van der Waals surface area contributed by atoms with Crippen LogP contribution in [0.3, 0.4) is 0 Å². The number of epoxide rings is 1. The molecule has 0 N–H and O–H groups in total. The minimum absolute atomic E-state index is 0.00222. The van der Waals surface area contributed by atoms with E-state index in [2.05, 4.69) is 6.92 Å². The van der Waals surface area contributed by atoms with Crippen LogP contribution in [0.1, 0.15) is 64.7 Å². The van der Waals surface area contributed by atoms with Gasteiger partial charge in [-0.1, -0.05) is 6.92 Å². The van der Waals surface area contributed by atoms with Gasteiger partial charge in [0.25, 0.3) is 0 Å². The molecule has 1 aliphatic heterocycles. The zero-order valence-electron chi connectivity index (χ0n) is 15.3. The number of carbonyl (C=O) groups is 1. The average Bonchev–Trinajstić information content (AvgIpc) is 3.26. The summed E-state index contributed by atoms with van der Waals surface area (Å²) in [7, 11) is 1.89. The summed E-state index contributed by atoms with van der Waals surface area (Å²) in [5.74, 6) is 3.51. The monoisotopic (exact) mass is 332 g/mol. The van der Waals surface area contributed by atoms with Gasteiger partial charge in [0.05, 0.1) is 18.8 Å². The van der Waals surface area contributed by atoms with Crippen LogP contribution in [0.4, 0.5) is 0 Å². The van der Waals surface area contributed by atoms with Gasteiger partial charge in [-0.2, -0.15) is 0 Å². The maximum atomic E-state index is 12.5. The molecule has 134 valence electrons. The molecule has 24 heavy (non-hydrogen) atoms. The van der Waals surface area contributed by atoms with Gasteiger partial charge in [0.2, 0.25) is 0 Å². The van der Waals surface area contributed by atoms with E-state index >= 15 is 0 Å². The van der Waals surface area contributed by atoms with Crippen molar-refractivity contribution >= 4 is 5.78 Å². The highest BCUT2D eigenvalue weighted by atomic mass is 16.6. The maximum absolute atomic E-state index is 12.5. The van der Waals surface area contributed by atoms with Gasteiger partial charge in [0, 0.05) is 18.9 Å². The Labute approximate surface area is 145 Å². The minimum Gasteiger partial charge on any atom is -0.384 e. The van der Waals surface area contributed by atoms with Crippen molar-refractivity contribution < 1.29 is 14.3 Å². The SMILES string of the molecule is COC[C@]12CCC3(CO3)C[C@H]1CC[C@@H]1[C@@H]2CC[C@]2(C)C(=O)CC[C@@H]12. The van der Waals surface area contributed by atoms with Crippen LogP contribution in [0.5, 0.6) is 0 Å². The number of ether oxygens (including phenoxy) is 2. The molecule has 0 bridgehead atoms. The van der Waals surface area contributed by atoms with Crippen LogP contribution < -0.4 is 0 Å². The molecular weight excluding hydrogens is 300 g/mol. The number of fused-ring (bicyclic) bond motifs is 5. The van der Waals surface area contributed by atoms with E-state index in [1.807, 2.05) is 7.11 Å². The highest BCUT2D eigenvalue weighted by Crippen LogP contribution is 2.67. The van der Waals surface area contributed by atoms with Crippen molar-refractivity contribution in [3.05, 3.63) is 0 Å². The standard InChI is InChI=1S/C21H32O3/c1-19-8-7-17-15(16(19)5-6-18(19)22)4-3-14-11-20(12-24-20)9-10-21(14,17)13-23-2/h14-17H,3-13H2,1-2H3/t14-,15+,16+,17+,19+,20?,21-/m1/s1. The molecule has 3 nitrogen and oxygen atoms in total. The van der Waals surface area contributed by atoms with Gasteiger partial charge in [-0.3, -0.25) is 4.79 Å². The molecule has 5 rings (SSSR count). The Morgan fingerprint density at radius 2 is 1.96 bits per heavy atom. The average molecular weight is 332 g/mol. The summed E-state index contributed by atoms with van der Waals surface area (Å²) in [6.45, 7) is 4.20. The largest absolute Gasteiger partial charge is 0.384 e. The molecule has 4 aliphatic carbocycles. The number of ketones is 1. The van der Waals surface area contributed by atoms with E-state index in [1.54, 1.807) is 0 Å². The predicted octanol–water partition coefficient (Wildman–Crippen LogP) is 3.99. The topological polar surface area (TPSA) is 38.8 Å². The first kappa shape index (κ1) is 15.8. The highest BCUT2D eigenvalue weighted by Gasteiger charge is 2.64. The fraction of sp³-hybridized carbons (Fsp3) is 0.952. The van der Waals surface area contributed by atoms with E-state index in [9.17, 15) is 4.79 Å². The second kappa shape index (κ2) is 5.07. The fourth-order valence-corrected chi connectivity index (χ4v) is 7.80. The lowest BCUT2D eigenvalue weighted by Gasteiger charge is -2.61. The number of methoxy groups -OCH3 is 1. The zero-order chi connectivity index (χ0) is 16.6. The first-order valence-corrected chi connectivity index (χ1v) is 10.2. The van der Waals surface area contributed by atoms with Crippen molar-refractivity contribution in [1.82, 2.24) is 0 Å². The lowest BCUT2D eigenvalue weighted by Crippen LogP contribution is -2.57. The number of hydrogen-bond acceptors (Lipinski definition) is 3. The quantitative estimate of drug-likeness (QED) is 0.718. The van der Waals surface area contributed by atoms with Crippen LogP contribution in [-0.2, 0) is 14.3 Å². The third-order valence-electron chi connectivity index (χ3n) is 9.18. The smallest absolute Gasteiger partial charge is 0.139 e. The van der Waals surface area contributed by atoms with Crippen LogP contribution in [0, 0.1) is 34.5 Å². The van der Waals surface area contributed by atoms with Gasteiger partial charge in [-0.15, -0.1) is 0 Å². The normalized spacial score (nSPS) is 55.8. The van der Waals surface area contributed by atoms with Crippen LogP contribution in [-0.4, -0.2) is 31.7 Å². The second-order valence-electron chi connectivity index (χ2n) is 9.91. The van der Waals surface area contributed by atoms with E-state index < -0.39 is 0 Å². The van der Waals surface area contributed by atoms with Crippen molar-refractivity contribution in [3.8, 4) is 0 Å². The van der Waals surface area contributed by atoms with Gasteiger partial charge in [0.15, 0.2) is 0 Å². The van der Waals surface area contributed by atoms with Gasteiger partial charge in [-0.05, 0) is 80.5 Å². The van der Waals surface area contributed by atoms with Crippen molar-refractivity contribution in [2.45, 2.75) is 70.3 Å². The Hall–Kier alpha value is -0.410. The third kappa shape index (κ3) is 1.95. The number of carbonyl (C=O) groups excluding carboxylic acids is 1. The molecule has 4 saturated carbocycles. The molecule has 3 heteroatoms. The third-order valence-corrected chi connectivity index (χ3v) is 9.18. The molecule has 0 radical (unpaired) electrons. The van der Waals surface area contributed by atoms with Crippen molar-refractivity contribution in [1.29, 1.82) is 0 Å². The van der Waals surface area contributed by atoms with Crippen molar-refractivity contribution in [2.75, 3.05) is 20.3 Å². The molecular formula is C21H32O3. The maximum Gasteiger partial charge on any atom is 0.139 e. The Kier molecular flexibility index (Phi) is 3.34. The second-order valence-corrected chi connectivity index (χ2v) is 9.91. The molecule has 1 saturated heterocycles. The highest BCUT2D eigenvalue weighted by molar-refractivity contribution is 5.87. The van der Waals surface area contributed by atoms with Crippen molar-refractivity contribution in [2.24, 2.45) is 34.5 Å². The Balaban J connectivity index is 1.48. The summed E-state index contributed by atoms with van der Waals surface area (Å²) >= 11 is 0. The Bertz CT molecular complexity index is 553. The van der Waals surface area contributed by atoms with Crippen molar-refractivity contribution in [3.63, 3.8) is 0 Å². The summed E-state index contributed by atoms with van der Waals surface area (Å²) in [5, 5.41) is 0. The number of rotatable bonds is 2. The van der Waals surface area contributed by atoms with Crippen LogP contribution in [0.2, 0.25) is 0 Å². The van der Waals surface area contributed by atoms with E-state index in [4.69, 9.17) is 9.47 Å². The Morgan fingerprint density at radius 1 is 1.12 bits per heavy atom. The molecule has 5 aliphatic rings. The fourth-order valence-electron chi connectivity index (χ4n) is 7.80. The molecule has 0 aromatic heterocycles. The summed E-state index contributed by atoms with van der Waals surface area (Å²) < 4.78 is 11.7.